The number of halogens is 2. The van der Waals surface area contributed by atoms with Crippen molar-refractivity contribution in [2.24, 2.45) is 5.92 Å². The largest absolute Gasteiger partial charge is 0.481 e. The molecule has 0 radical (unpaired) electrons. The zero-order chi connectivity index (χ0) is 24.7. The van der Waals surface area contributed by atoms with E-state index in [4.69, 9.17) is 32.7 Å². The first kappa shape index (κ1) is 26.5. The summed E-state index contributed by atoms with van der Waals surface area (Å²) in [6, 6.07) is 14.5. The first-order valence-electron chi connectivity index (χ1n) is 11.5. The zero-order valence-corrected chi connectivity index (χ0v) is 21.0. The topological polar surface area (TPSA) is 76.1 Å². The summed E-state index contributed by atoms with van der Waals surface area (Å²) in [6.45, 7) is 3.21. The Balaban J connectivity index is 2.09. The second-order valence-electron chi connectivity index (χ2n) is 8.56. The van der Waals surface area contributed by atoms with Crippen LogP contribution in [0.15, 0.2) is 48.5 Å². The highest BCUT2D eigenvalue weighted by Crippen LogP contribution is 2.47. The summed E-state index contributed by atoms with van der Waals surface area (Å²) >= 11 is 12.5. The van der Waals surface area contributed by atoms with E-state index in [0.717, 1.165) is 11.1 Å². The molecule has 2 aromatic rings. The summed E-state index contributed by atoms with van der Waals surface area (Å²) in [7, 11) is 1.61. The molecule has 34 heavy (non-hydrogen) atoms. The number of nitrogens with zero attached hydrogens (tertiary/aromatic N) is 1. The van der Waals surface area contributed by atoms with Crippen LogP contribution in [0.3, 0.4) is 0 Å². The fraction of sp³-hybridized carbons (Fsp3) is 0.462. The number of methoxy groups -OCH3 is 1. The van der Waals surface area contributed by atoms with Crippen LogP contribution in [0.25, 0.3) is 0 Å². The molecule has 0 saturated carbocycles. The van der Waals surface area contributed by atoms with E-state index < -0.39 is 11.9 Å². The number of ether oxygens (including phenoxy) is 2. The van der Waals surface area contributed by atoms with Crippen molar-refractivity contribution in [3.05, 3.63) is 69.7 Å². The van der Waals surface area contributed by atoms with Gasteiger partial charge in [-0.25, -0.2) is 0 Å². The van der Waals surface area contributed by atoms with E-state index in [1.165, 1.54) is 0 Å². The smallest absolute Gasteiger partial charge is 0.304 e. The number of rotatable bonds is 11. The molecule has 0 aromatic heterocycles. The van der Waals surface area contributed by atoms with E-state index in [0.29, 0.717) is 42.7 Å². The number of carboxylic acids is 1. The molecule has 2 aromatic carbocycles. The van der Waals surface area contributed by atoms with E-state index in [9.17, 15) is 14.7 Å². The molecule has 3 rings (SSSR count). The molecule has 0 aliphatic carbocycles. The Hall–Kier alpha value is -2.12. The Morgan fingerprint density at radius 3 is 2.47 bits per heavy atom. The van der Waals surface area contributed by atoms with Crippen molar-refractivity contribution in [3.8, 4) is 0 Å². The highest BCUT2D eigenvalue weighted by Gasteiger charge is 2.46. The highest BCUT2D eigenvalue weighted by atomic mass is 35.5. The Morgan fingerprint density at radius 1 is 1.12 bits per heavy atom. The predicted molar refractivity (Wildman–Crippen MR) is 132 cm³/mol. The van der Waals surface area contributed by atoms with E-state index in [-0.39, 0.29) is 30.3 Å². The second-order valence-corrected chi connectivity index (χ2v) is 9.44. The number of likely N-dealkylation sites (tertiary alicyclic amines) is 1. The molecule has 1 amide bonds. The third kappa shape index (κ3) is 6.51. The van der Waals surface area contributed by atoms with Gasteiger partial charge in [0, 0.05) is 29.0 Å². The molecule has 1 aliphatic rings. The lowest BCUT2D eigenvalue weighted by Crippen LogP contribution is -2.53. The fourth-order valence-electron chi connectivity index (χ4n) is 4.73. The summed E-state index contributed by atoms with van der Waals surface area (Å²) in [5.41, 5.74) is 1.90. The average molecular weight is 508 g/mol. The standard InChI is InChI=1S/C26H31Cl2NO5/c1-3-22(16-34-12-11-33-2)29-25(17-7-9-20(27)10-8-17)23(18-5-4-6-21(28)13-18)14-19(26(29)32)15-24(30)31/h4-10,13,19,22-23,25H,3,11-12,14-16H2,1-2H3,(H,30,31)/t19-,22?,23+,25+/m0/s1. The molecule has 1 fully saturated rings. The first-order valence-corrected chi connectivity index (χ1v) is 12.2. The number of carbonyl (C=O) groups excluding carboxylic acids is 1. The SMILES string of the molecule is CCC(COCCOC)N1C(=O)[C@H](CC(=O)O)C[C@H](c2cccc(Cl)c2)[C@H]1c1ccc(Cl)cc1. The van der Waals surface area contributed by atoms with Crippen LogP contribution in [-0.4, -0.2) is 54.9 Å². The zero-order valence-electron chi connectivity index (χ0n) is 19.5. The van der Waals surface area contributed by atoms with Gasteiger partial charge in [-0.1, -0.05) is 54.4 Å². The van der Waals surface area contributed by atoms with Crippen LogP contribution >= 0.6 is 23.2 Å². The van der Waals surface area contributed by atoms with Gasteiger partial charge in [-0.15, -0.1) is 0 Å². The lowest BCUT2D eigenvalue weighted by molar-refractivity contribution is -0.154. The maximum atomic E-state index is 13.8. The number of aliphatic carboxylic acids is 1. The monoisotopic (exact) mass is 507 g/mol. The van der Waals surface area contributed by atoms with Crippen LogP contribution in [-0.2, 0) is 19.1 Å². The van der Waals surface area contributed by atoms with Crippen LogP contribution < -0.4 is 0 Å². The third-order valence-corrected chi connectivity index (χ3v) is 6.83. The second kappa shape index (κ2) is 12.5. The number of carbonyl (C=O) groups is 2. The van der Waals surface area contributed by atoms with Gasteiger partial charge < -0.3 is 19.5 Å². The number of piperidine rings is 1. The van der Waals surface area contributed by atoms with Crippen LogP contribution in [0, 0.1) is 5.92 Å². The van der Waals surface area contributed by atoms with E-state index in [1.807, 2.05) is 54.3 Å². The quantitative estimate of drug-likeness (QED) is 0.401. The molecule has 6 nitrogen and oxygen atoms in total. The lowest BCUT2D eigenvalue weighted by atomic mass is 9.74. The van der Waals surface area contributed by atoms with Crippen molar-refractivity contribution < 1.29 is 24.2 Å². The van der Waals surface area contributed by atoms with E-state index in [2.05, 4.69) is 0 Å². The molecule has 0 bridgehead atoms. The van der Waals surface area contributed by atoms with Crippen molar-refractivity contribution in [2.45, 2.75) is 44.2 Å². The van der Waals surface area contributed by atoms with Crippen LogP contribution in [0.4, 0.5) is 0 Å². The fourth-order valence-corrected chi connectivity index (χ4v) is 5.06. The van der Waals surface area contributed by atoms with Gasteiger partial charge in [0.05, 0.1) is 38.3 Å². The third-order valence-electron chi connectivity index (χ3n) is 6.34. The predicted octanol–water partition coefficient (Wildman–Crippen LogP) is 5.58. The van der Waals surface area contributed by atoms with Gasteiger partial charge in [0.15, 0.2) is 0 Å². The summed E-state index contributed by atoms with van der Waals surface area (Å²) < 4.78 is 10.9. The van der Waals surface area contributed by atoms with Crippen molar-refractivity contribution in [2.75, 3.05) is 26.9 Å². The van der Waals surface area contributed by atoms with E-state index in [1.54, 1.807) is 13.2 Å². The summed E-state index contributed by atoms with van der Waals surface area (Å²) in [5.74, 6) is -1.94. The van der Waals surface area contributed by atoms with Gasteiger partial charge in [0.25, 0.3) is 0 Å². The van der Waals surface area contributed by atoms with Gasteiger partial charge in [-0.2, -0.15) is 0 Å². The Kier molecular flexibility index (Phi) is 9.77. The Morgan fingerprint density at radius 2 is 1.85 bits per heavy atom. The number of benzene rings is 2. The Labute approximate surface area is 210 Å². The summed E-state index contributed by atoms with van der Waals surface area (Å²) in [5, 5.41) is 10.7. The molecule has 8 heteroatoms. The molecule has 184 valence electrons. The highest BCUT2D eigenvalue weighted by molar-refractivity contribution is 6.30. The van der Waals surface area contributed by atoms with Crippen molar-refractivity contribution in [1.29, 1.82) is 0 Å². The minimum Gasteiger partial charge on any atom is -0.481 e. The van der Waals surface area contributed by atoms with Gasteiger partial charge in [0.1, 0.15) is 0 Å². The molecule has 1 heterocycles. The summed E-state index contributed by atoms with van der Waals surface area (Å²) in [4.78, 5) is 27.3. The van der Waals surface area contributed by atoms with Gasteiger partial charge in [0.2, 0.25) is 5.91 Å². The lowest BCUT2D eigenvalue weighted by Gasteiger charge is -2.48. The minimum absolute atomic E-state index is 0.144. The van der Waals surface area contributed by atoms with Gasteiger partial charge in [-0.05, 0) is 48.2 Å². The van der Waals surface area contributed by atoms with Crippen molar-refractivity contribution in [1.82, 2.24) is 4.90 Å². The first-order chi connectivity index (χ1) is 16.3. The molecule has 0 spiro atoms. The average Bonchev–Trinajstić information content (AvgIpc) is 2.81. The molecule has 1 unspecified atom stereocenters. The number of hydrogen-bond acceptors (Lipinski definition) is 4. The minimum atomic E-state index is -0.988. The van der Waals surface area contributed by atoms with E-state index >= 15 is 0 Å². The van der Waals surface area contributed by atoms with Crippen molar-refractivity contribution >= 4 is 35.1 Å². The van der Waals surface area contributed by atoms with Gasteiger partial charge in [-0.3, -0.25) is 9.59 Å². The molecular weight excluding hydrogens is 477 g/mol. The number of carboxylic acid groups (broad SMARTS) is 1. The molecule has 1 N–H and O–H groups in total. The van der Waals surface area contributed by atoms with Gasteiger partial charge >= 0.3 is 5.97 Å². The Bertz CT molecular complexity index is 968. The molecular formula is C26H31Cl2NO5. The van der Waals surface area contributed by atoms with Crippen LogP contribution in [0.5, 0.6) is 0 Å². The molecule has 1 saturated heterocycles. The number of amides is 1. The maximum absolute atomic E-state index is 13.8. The maximum Gasteiger partial charge on any atom is 0.304 e. The van der Waals surface area contributed by atoms with Crippen LogP contribution in [0.2, 0.25) is 10.0 Å². The normalized spacial score (nSPS) is 21.5. The number of hydrogen-bond donors (Lipinski definition) is 1. The molecule has 1 aliphatic heterocycles. The summed E-state index contributed by atoms with van der Waals surface area (Å²) in [6.07, 6.45) is 0.849. The van der Waals surface area contributed by atoms with Crippen molar-refractivity contribution in [3.63, 3.8) is 0 Å². The van der Waals surface area contributed by atoms with Crippen LogP contribution in [0.1, 0.15) is 49.3 Å². The molecule has 4 atom stereocenters.